The smallest absolute Gasteiger partial charge is 0.410 e. The molecule has 0 aliphatic carbocycles. The largest absolute Gasteiger partial charge is 0.493 e. The minimum Gasteiger partial charge on any atom is -0.493 e. The lowest BCUT2D eigenvalue weighted by molar-refractivity contribution is -0.111. The van der Waals surface area contributed by atoms with Crippen molar-refractivity contribution < 1.29 is 19.1 Å². The molecule has 0 unspecified atom stereocenters. The molecular formula is C21H31N5O4. The zero-order valence-electron chi connectivity index (χ0n) is 17.7. The second-order valence-electron chi connectivity index (χ2n) is 7.69. The number of ether oxygens (including phenoxy) is 2. The second kappa shape index (κ2) is 9.82. The van der Waals surface area contributed by atoms with E-state index >= 15 is 0 Å². The van der Waals surface area contributed by atoms with Gasteiger partial charge in [-0.3, -0.25) is 9.69 Å². The summed E-state index contributed by atoms with van der Waals surface area (Å²) >= 11 is 0. The lowest BCUT2D eigenvalue weighted by atomic mass is 10.0. The second-order valence-corrected chi connectivity index (χ2v) is 7.69. The number of nitrogens with zero attached hydrogens (tertiary/aromatic N) is 3. The number of piperazine rings is 1. The van der Waals surface area contributed by atoms with E-state index < -0.39 is 6.09 Å². The van der Waals surface area contributed by atoms with E-state index in [0.29, 0.717) is 17.5 Å². The summed E-state index contributed by atoms with van der Waals surface area (Å²) in [5, 5.41) is 2.80. The molecule has 9 nitrogen and oxygen atoms in total. The van der Waals surface area contributed by atoms with Crippen molar-refractivity contribution in [3.8, 4) is 11.5 Å². The van der Waals surface area contributed by atoms with Crippen LogP contribution in [0.1, 0.15) is 12.8 Å². The fourth-order valence-electron chi connectivity index (χ4n) is 4.10. The summed E-state index contributed by atoms with van der Waals surface area (Å²) in [6.07, 6.45) is 2.33. The van der Waals surface area contributed by atoms with Gasteiger partial charge in [0.1, 0.15) is 0 Å². The van der Waals surface area contributed by atoms with Crippen LogP contribution in [-0.4, -0.2) is 81.3 Å². The Morgan fingerprint density at radius 2 is 1.80 bits per heavy atom. The first kappa shape index (κ1) is 21.9. The van der Waals surface area contributed by atoms with Gasteiger partial charge in [-0.05, 0) is 26.0 Å². The molecule has 2 amide bonds. The van der Waals surface area contributed by atoms with E-state index in [9.17, 15) is 9.59 Å². The molecule has 0 aromatic heterocycles. The Labute approximate surface area is 177 Å². The lowest BCUT2D eigenvalue weighted by Gasteiger charge is -2.43. The third-order valence-electron chi connectivity index (χ3n) is 5.80. The normalized spacial score (nSPS) is 18.7. The Morgan fingerprint density at radius 3 is 2.37 bits per heavy atom. The topological polar surface area (TPSA) is 100 Å². The number of methoxy groups -OCH3 is 1. The number of nitrogens with two attached hydrogens (primary N) is 1. The van der Waals surface area contributed by atoms with E-state index in [1.165, 1.54) is 13.2 Å². The molecule has 164 valence electrons. The van der Waals surface area contributed by atoms with Gasteiger partial charge < -0.3 is 30.3 Å². The number of hydrogen-bond acceptors (Lipinski definition) is 7. The highest BCUT2D eigenvalue weighted by Gasteiger charge is 2.28. The van der Waals surface area contributed by atoms with Gasteiger partial charge in [0.05, 0.1) is 18.5 Å². The number of benzene rings is 1. The fourth-order valence-corrected chi connectivity index (χ4v) is 4.10. The van der Waals surface area contributed by atoms with E-state index in [1.54, 1.807) is 12.1 Å². The summed E-state index contributed by atoms with van der Waals surface area (Å²) in [6, 6.07) is 3.90. The highest BCUT2D eigenvalue weighted by Crippen LogP contribution is 2.40. The maximum Gasteiger partial charge on any atom is 0.410 e. The molecule has 2 fully saturated rings. The number of amides is 2. The van der Waals surface area contributed by atoms with Gasteiger partial charge in [0.25, 0.3) is 0 Å². The molecule has 3 rings (SSSR count). The molecule has 2 heterocycles. The molecule has 3 N–H and O–H groups in total. The lowest BCUT2D eigenvalue weighted by Crippen LogP contribution is -2.52. The Hall–Kier alpha value is -2.78. The van der Waals surface area contributed by atoms with Crippen LogP contribution in [0.15, 0.2) is 24.8 Å². The van der Waals surface area contributed by atoms with Crippen molar-refractivity contribution in [3.05, 3.63) is 24.8 Å². The van der Waals surface area contributed by atoms with Crippen LogP contribution in [0.5, 0.6) is 11.5 Å². The quantitative estimate of drug-likeness (QED) is 0.677. The average Bonchev–Trinajstić information content (AvgIpc) is 2.74. The maximum absolute atomic E-state index is 12.0. The first-order valence-electron chi connectivity index (χ1n) is 10.2. The average molecular weight is 418 g/mol. The number of rotatable bonds is 6. The third kappa shape index (κ3) is 5.22. The van der Waals surface area contributed by atoms with Crippen molar-refractivity contribution in [1.82, 2.24) is 9.80 Å². The number of carbonyl (C=O) groups is 2. The molecular weight excluding hydrogens is 386 g/mol. The predicted molar refractivity (Wildman–Crippen MR) is 116 cm³/mol. The molecule has 0 radical (unpaired) electrons. The molecule has 9 heteroatoms. The predicted octanol–water partition coefficient (Wildman–Crippen LogP) is 1.49. The Balaban J connectivity index is 1.79. The molecule has 0 spiro atoms. The van der Waals surface area contributed by atoms with Crippen LogP contribution >= 0.6 is 0 Å². The van der Waals surface area contributed by atoms with Crippen LogP contribution < -0.4 is 25.4 Å². The van der Waals surface area contributed by atoms with Crippen LogP contribution in [-0.2, 0) is 4.79 Å². The first-order valence-corrected chi connectivity index (χ1v) is 10.2. The summed E-state index contributed by atoms with van der Waals surface area (Å²) in [7, 11) is 3.66. The van der Waals surface area contributed by atoms with E-state index in [2.05, 4.69) is 33.6 Å². The number of carbonyl (C=O) groups excluding carboxylic acids is 2. The van der Waals surface area contributed by atoms with Crippen LogP contribution in [0, 0.1) is 0 Å². The van der Waals surface area contributed by atoms with Crippen LogP contribution in [0.2, 0.25) is 0 Å². The van der Waals surface area contributed by atoms with Crippen molar-refractivity contribution in [2.24, 2.45) is 5.73 Å². The molecule has 2 saturated heterocycles. The number of piperidine rings is 1. The van der Waals surface area contributed by atoms with Crippen molar-refractivity contribution >= 4 is 23.4 Å². The number of hydrogen-bond donors (Lipinski definition) is 2. The monoisotopic (exact) mass is 417 g/mol. The van der Waals surface area contributed by atoms with E-state index in [1.807, 2.05) is 0 Å². The number of nitrogens with one attached hydrogen (secondary N) is 1. The highest BCUT2D eigenvalue weighted by molar-refractivity contribution is 6.01. The van der Waals surface area contributed by atoms with Crippen molar-refractivity contribution in [3.63, 3.8) is 0 Å². The minimum atomic E-state index is -0.949. The van der Waals surface area contributed by atoms with Crippen molar-refractivity contribution in [1.29, 1.82) is 0 Å². The van der Waals surface area contributed by atoms with Crippen molar-refractivity contribution in [2.75, 3.05) is 63.6 Å². The molecule has 30 heavy (non-hydrogen) atoms. The van der Waals surface area contributed by atoms with Gasteiger partial charge >= 0.3 is 6.09 Å². The Morgan fingerprint density at radius 1 is 1.13 bits per heavy atom. The van der Waals surface area contributed by atoms with Crippen LogP contribution in [0.25, 0.3) is 0 Å². The molecule has 2 aliphatic rings. The van der Waals surface area contributed by atoms with E-state index in [-0.39, 0.29) is 11.7 Å². The van der Waals surface area contributed by atoms with Gasteiger partial charge in [-0.2, -0.15) is 0 Å². The van der Waals surface area contributed by atoms with Gasteiger partial charge in [0, 0.05) is 57.4 Å². The standard InChI is InChI=1S/C21H31N5O4/c1-4-20(27)23-16-13-19(30-21(22)28)18(29-3)14-17(16)26-7-5-15(6-8-26)25-11-9-24(2)10-12-25/h4,13-15H,1,5-12H2,2-3H3,(H2,22,28)(H,23,27). The summed E-state index contributed by atoms with van der Waals surface area (Å²) < 4.78 is 10.4. The SMILES string of the molecule is C=CC(=O)Nc1cc(OC(N)=O)c(OC)cc1N1CCC(N2CCN(C)CC2)CC1. The minimum absolute atomic E-state index is 0.153. The van der Waals surface area contributed by atoms with Crippen LogP contribution in [0.3, 0.4) is 0 Å². The van der Waals surface area contributed by atoms with Crippen LogP contribution in [0.4, 0.5) is 16.2 Å². The van der Waals surface area contributed by atoms with Crippen molar-refractivity contribution in [2.45, 2.75) is 18.9 Å². The number of primary amides is 1. The maximum atomic E-state index is 12.0. The van der Waals surface area contributed by atoms with E-state index in [4.69, 9.17) is 15.2 Å². The Kier molecular flexibility index (Phi) is 7.17. The summed E-state index contributed by atoms with van der Waals surface area (Å²) in [5.41, 5.74) is 6.50. The zero-order valence-corrected chi connectivity index (χ0v) is 17.7. The molecule has 0 atom stereocenters. The summed E-state index contributed by atoms with van der Waals surface area (Å²) in [5.74, 6) is 0.181. The van der Waals surface area contributed by atoms with E-state index in [0.717, 1.165) is 57.8 Å². The van der Waals surface area contributed by atoms with Gasteiger partial charge in [0.15, 0.2) is 11.5 Å². The third-order valence-corrected chi connectivity index (χ3v) is 5.80. The number of likely N-dealkylation sites (N-methyl/N-ethyl adjacent to an activating group) is 1. The fraction of sp³-hybridized carbons (Fsp3) is 0.524. The van der Waals surface area contributed by atoms with Gasteiger partial charge in [-0.25, -0.2) is 4.79 Å². The molecule has 1 aromatic carbocycles. The molecule has 0 bridgehead atoms. The highest BCUT2D eigenvalue weighted by atomic mass is 16.6. The first-order chi connectivity index (χ1) is 14.4. The van der Waals surface area contributed by atoms with Gasteiger partial charge in [-0.15, -0.1) is 0 Å². The summed E-state index contributed by atoms with van der Waals surface area (Å²) in [4.78, 5) is 30.4. The molecule has 0 saturated carbocycles. The molecule has 1 aromatic rings. The van der Waals surface area contributed by atoms with Gasteiger partial charge in [-0.1, -0.05) is 6.58 Å². The summed E-state index contributed by atoms with van der Waals surface area (Å²) in [6.45, 7) is 9.64. The zero-order chi connectivity index (χ0) is 21.7. The number of anilines is 2. The van der Waals surface area contributed by atoms with Gasteiger partial charge in [0.2, 0.25) is 5.91 Å². The Bertz CT molecular complexity index is 784. The molecule has 2 aliphatic heterocycles.